The van der Waals surface area contributed by atoms with Gasteiger partial charge in [0.15, 0.2) is 5.54 Å². The number of hydrogen-bond donors (Lipinski definition) is 2. The van der Waals surface area contributed by atoms with Gasteiger partial charge in [-0.2, -0.15) is 0 Å². The standard InChI is InChI=1S/C17H26N2O2/c1-3-7-14-10-11-19(12-14)13-17(18-2,16(20)21)15-8-5-4-6-9-15/h4-6,8-9,14,18H,3,7,10-13H2,1-2H3,(H,20,21). The van der Waals surface area contributed by atoms with Crippen LogP contribution in [0.5, 0.6) is 0 Å². The number of likely N-dealkylation sites (tertiary alicyclic amines) is 1. The molecule has 2 atom stereocenters. The van der Waals surface area contributed by atoms with Crippen molar-refractivity contribution in [3.8, 4) is 0 Å². The smallest absolute Gasteiger partial charge is 0.329 e. The third-order valence-electron chi connectivity index (χ3n) is 4.59. The van der Waals surface area contributed by atoms with E-state index in [1.54, 1.807) is 7.05 Å². The number of nitrogens with one attached hydrogen (secondary N) is 1. The molecule has 0 aromatic heterocycles. The summed E-state index contributed by atoms with van der Waals surface area (Å²) in [4.78, 5) is 14.2. The largest absolute Gasteiger partial charge is 0.480 e. The molecule has 2 unspecified atom stereocenters. The Bertz CT molecular complexity index is 463. The van der Waals surface area contributed by atoms with Crippen LogP contribution in [0.15, 0.2) is 30.3 Å². The van der Waals surface area contributed by atoms with Crippen molar-refractivity contribution in [2.45, 2.75) is 31.7 Å². The van der Waals surface area contributed by atoms with Crippen molar-refractivity contribution in [3.63, 3.8) is 0 Å². The maximum atomic E-state index is 12.0. The summed E-state index contributed by atoms with van der Waals surface area (Å²) in [7, 11) is 1.74. The normalized spacial score (nSPS) is 22.1. The second-order valence-electron chi connectivity index (χ2n) is 6.00. The van der Waals surface area contributed by atoms with Gasteiger partial charge in [-0.15, -0.1) is 0 Å². The van der Waals surface area contributed by atoms with E-state index >= 15 is 0 Å². The van der Waals surface area contributed by atoms with Crippen LogP contribution in [-0.2, 0) is 10.3 Å². The highest BCUT2D eigenvalue weighted by atomic mass is 16.4. The van der Waals surface area contributed by atoms with Gasteiger partial charge in [0.25, 0.3) is 0 Å². The average molecular weight is 290 g/mol. The maximum Gasteiger partial charge on any atom is 0.329 e. The lowest BCUT2D eigenvalue weighted by atomic mass is 9.89. The fourth-order valence-corrected chi connectivity index (χ4v) is 3.37. The Morgan fingerprint density at radius 2 is 2.14 bits per heavy atom. The average Bonchev–Trinajstić information content (AvgIpc) is 2.93. The molecule has 1 aromatic carbocycles. The molecule has 0 amide bonds. The molecule has 1 aliphatic heterocycles. The van der Waals surface area contributed by atoms with E-state index in [2.05, 4.69) is 17.1 Å². The number of rotatable bonds is 7. The third-order valence-corrected chi connectivity index (χ3v) is 4.59. The van der Waals surface area contributed by atoms with Crippen LogP contribution in [0, 0.1) is 5.92 Å². The first kappa shape index (κ1) is 16.0. The second-order valence-corrected chi connectivity index (χ2v) is 6.00. The molecular formula is C17H26N2O2. The van der Waals surface area contributed by atoms with Crippen LogP contribution in [0.1, 0.15) is 31.7 Å². The first-order valence-corrected chi connectivity index (χ1v) is 7.82. The fourth-order valence-electron chi connectivity index (χ4n) is 3.37. The fraction of sp³-hybridized carbons (Fsp3) is 0.588. The summed E-state index contributed by atoms with van der Waals surface area (Å²) >= 11 is 0. The van der Waals surface area contributed by atoms with Gasteiger partial charge in [-0.3, -0.25) is 0 Å². The summed E-state index contributed by atoms with van der Waals surface area (Å²) in [5, 5.41) is 12.9. The number of benzene rings is 1. The maximum absolute atomic E-state index is 12.0. The van der Waals surface area contributed by atoms with Crippen LogP contribution >= 0.6 is 0 Å². The molecule has 0 aliphatic carbocycles. The molecule has 1 saturated heterocycles. The summed E-state index contributed by atoms with van der Waals surface area (Å²) in [6, 6.07) is 9.50. The van der Waals surface area contributed by atoms with Gasteiger partial charge in [-0.1, -0.05) is 43.7 Å². The SMILES string of the molecule is CCCC1CCN(CC(NC)(C(=O)O)c2ccccc2)C1. The Morgan fingerprint density at radius 1 is 1.43 bits per heavy atom. The van der Waals surface area contributed by atoms with Crippen LogP contribution in [-0.4, -0.2) is 42.7 Å². The van der Waals surface area contributed by atoms with E-state index in [1.807, 2.05) is 30.3 Å². The molecule has 2 rings (SSSR count). The number of carboxylic acids is 1. The molecule has 21 heavy (non-hydrogen) atoms. The van der Waals surface area contributed by atoms with Gasteiger partial charge in [0.1, 0.15) is 0 Å². The van der Waals surface area contributed by atoms with E-state index in [-0.39, 0.29) is 0 Å². The summed E-state index contributed by atoms with van der Waals surface area (Å²) in [5.41, 5.74) is -0.207. The molecule has 0 bridgehead atoms. The molecule has 1 aromatic rings. The minimum atomic E-state index is -1.03. The van der Waals surface area contributed by atoms with Crippen molar-refractivity contribution in [3.05, 3.63) is 35.9 Å². The van der Waals surface area contributed by atoms with Crippen LogP contribution in [0.3, 0.4) is 0 Å². The molecule has 0 saturated carbocycles. The van der Waals surface area contributed by atoms with Gasteiger partial charge >= 0.3 is 5.97 Å². The highest BCUT2D eigenvalue weighted by Gasteiger charge is 2.41. The minimum Gasteiger partial charge on any atom is -0.480 e. The zero-order valence-corrected chi connectivity index (χ0v) is 13.0. The molecule has 0 spiro atoms. The van der Waals surface area contributed by atoms with E-state index in [9.17, 15) is 9.90 Å². The van der Waals surface area contributed by atoms with Gasteiger partial charge in [0.05, 0.1) is 0 Å². The lowest BCUT2D eigenvalue weighted by Crippen LogP contribution is -2.54. The summed E-state index contributed by atoms with van der Waals surface area (Å²) in [5.74, 6) is -0.0933. The molecule has 1 heterocycles. The van der Waals surface area contributed by atoms with Gasteiger partial charge in [0.2, 0.25) is 0 Å². The number of hydrogen-bond acceptors (Lipinski definition) is 3. The lowest BCUT2D eigenvalue weighted by molar-refractivity contribution is -0.146. The summed E-state index contributed by atoms with van der Waals surface area (Å²) in [6.45, 7) is 4.73. The highest BCUT2D eigenvalue weighted by Crippen LogP contribution is 2.27. The monoisotopic (exact) mass is 290 g/mol. The Hall–Kier alpha value is -1.39. The molecule has 4 heteroatoms. The van der Waals surface area contributed by atoms with Crippen LogP contribution in [0.2, 0.25) is 0 Å². The second kappa shape index (κ2) is 7.05. The number of carboxylic acid groups (broad SMARTS) is 1. The predicted molar refractivity (Wildman–Crippen MR) is 84.3 cm³/mol. The summed E-state index contributed by atoms with van der Waals surface area (Å²) < 4.78 is 0. The Balaban J connectivity index is 2.17. The van der Waals surface area contributed by atoms with Crippen LogP contribution < -0.4 is 5.32 Å². The molecule has 2 N–H and O–H groups in total. The molecule has 1 aliphatic rings. The lowest BCUT2D eigenvalue weighted by Gasteiger charge is -2.33. The number of likely N-dealkylation sites (N-methyl/N-ethyl adjacent to an activating group) is 1. The predicted octanol–water partition coefficient (Wildman–Crippen LogP) is 2.31. The Morgan fingerprint density at radius 3 is 2.71 bits per heavy atom. The molecule has 4 nitrogen and oxygen atoms in total. The molecule has 1 fully saturated rings. The minimum absolute atomic E-state index is 0.517. The van der Waals surface area contributed by atoms with E-state index in [0.717, 1.165) is 18.7 Å². The van der Waals surface area contributed by atoms with Crippen molar-refractivity contribution in [1.82, 2.24) is 10.2 Å². The topological polar surface area (TPSA) is 52.6 Å². The van der Waals surface area contributed by atoms with Crippen molar-refractivity contribution in [1.29, 1.82) is 0 Å². The van der Waals surface area contributed by atoms with E-state index in [1.165, 1.54) is 19.3 Å². The molecule has 116 valence electrons. The number of carbonyl (C=O) groups is 1. The van der Waals surface area contributed by atoms with Gasteiger partial charge < -0.3 is 15.3 Å². The van der Waals surface area contributed by atoms with Gasteiger partial charge in [-0.25, -0.2) is 4.79 Å². The quantitative estimate of drug-likeness (QED) is 0.809. The first-order valence-electron chi connectivity index (χ1n) is 7.82. The zero-order valence-electron chi connectivity index (χ0n) is 13.0. The first-order chi connectivity index (χ1) is 10.1. The number of nitrogens with zero attached hydrogens (tertiary/aromatic N) is 1. The van der Waals surface area contributed by atoms with Gasteiger partial charge in [-0.05, 0) is 37.9 Å². The molecular weight excluding hydrogens is 264 g/mol. The van der Waals surface area contributed by atoms with Crippen molar-refractivity contribution in [2.75, 3.05) is 26.7 Å². The van der Waals surface area contributed by atoms with E-state index in [4.69, 9.17) is 0 Å². The van der Waals surface area contributed by atoms with Gasteiger partial charge in [0, 0.05) is 13.1 Å². The van der Waals surface area contributed by atoms with Crippen LogP contribution in [0.4, 0.5) is 0 Å². The Labute approximate surface area is 127 Å². The van der Waals surface area contributed by atoms with Crippen molar-refractivity contribution in [2.24, 2.45) is 5.92 Å². The van der Waals surface area contributed by atoms with Crippen molar-refractivity contribution >= 4 is 5.97 Å². The number of aliphatic carboxylic acids is 1. The van der Waals surface area contributed by atoms with E-state index < -0.39 is 11.5 Å². The molecule has 0 radical (unpaired) electrons. The van der Waals surface area contributed by atoms with Crippen LogP contribution in [0.25, 0.3) is 0 Å². The zero-order chi connectivity index (χ0) is 15.3. The van der Waals surface area contributed by atoms with E-state index in [0.29, 0.717) is 12.5 Å². The third kappa shape index (κ3) is 3.44. The summed E-state index contributed by atoms with van der Waals surface area (Å²) in [6.07, 6.45) is 3.62. The highest BCUT2D eigenvalue weighted by molar-refractivity contribution is 5.81. The Kier molecular flexibility index (Phi) is 5.37. The van der Waals surface area contributed by atoms with Crippen molar-refractivity contribution < 1.29 is 9.90 Å².